The average molecular weight is 311 g/mol. The van der Waals surface area contributed by atoms with E-state index < -0.39 is 17.7 Å². The van der Waals surface area contributed by atoms with E-state index in [4.69, 9.17) is 16.3 Å². The summed E-state index contributed by atoms with van der Waals surface area (Å²) in [7, 11) is 0. The summed E-state index contributed by atoms with van der Waals surface area (Å²) in [5.74, 6) is -1.31. The number of halogens is 3. The maximum atomic E-state index is 13.7. The highest BCUT2D eigenvalue weighted by Crippen LogP contribution is 2.35. The molecule has 21 heavy (non-hydrogen) atoms. The molecule has 1 aliphatic heterocycles. The quantitative estimate of drug-likeness (QED) is 0.933. The van der Waals surface area contributed by atoms with Gasteiger partial charge in [0.25, 0.3) is 0 Å². The molecular formula is C16H13ClF2O2. The molecule has 0 bridgehead atoms. The molecule has 0 saturated carbocycles. The zero-order valence-electron chi connectivity index (χ0n) is 11.1. The monoisotopic (exact) mass is 310 g/mol. The van der Waals surface area contributed by atoms with Crippen LogP contribution in [0.1, 0.15) is 22.8 Å². The average Bonchev–Trinajstić information content (AvgIpc) is 2.90. The van der Waals surface area contributed by atoms with Crippen molar-refractivity contribution in [3.63, 3.8) is 0 Å². The second-order valence-corrected chi connectivity index (χ2v) is 5.45. The van der Waals surface area contributed by atoms with Crippen LogP contribution in [0.3, 0.4) is 0 Å². The number of ether oxygens (including phenoxy) is 1. The summed E-state index contributed by atoms with van der Waals surface area (Å²) < 4.78 is 32.5. The molecule has 1 unspecified atom stereocenters. The Balaban J connectivity index is 1.92. The van der Waals surface area contributed by atoms with E-state index in [0.717, 1.165) is 18.1 Å². The number of fused-ring (bicyclic) bond motifs is 1. The second-order valence-electron chi connectivity index (χ2n) is 5.01. The van der Waals surface area contributed by atoms with Gasteiger partial charge in [-0.25, -0.2) is 8.78 Å². The second kappa shape index (κ2) is 5.62. The molecule has 3 rings (SSSR count). The normalized spacial score (nSPS) is 14.7. The van der Waals surface area contributed by atoms with E-state index in [9.17, 15) is 13.9 Å². The van der Waals surface area contributed by atoms with Gasteiger partial charge in [0.2, 0.25) is 0 Å². The van der Waals surface area contributed by atoms with Crippen LogP contribution in [0.5, 0.6) is 5.75 Å². The first-order valence-electron chi connectivity index (χ1n) is 6.62. The molecule has 2 nitrogen and oxygen atoms in total. The first-order valence-corrected chi connectivity index (χ1v) is 7.00. The van der Waals surface area contributed by atoms with Crippen molar-refractivity contribution in [3.05, 3.63) is 63.7 Å². The van der Waals surface area contributed by atoms with Gasteiger partial charge < -0.3 is 9.84 Å². The van der Waals surface area contributed by atoms with Gasteiger partial charge in [0.15, 0.2) is 11.6 Å². The molecule has 0 saturated heterocycles. The Morgan fingerprint density at radius 2 is 2.10 bits per heavy atom. The maximum absolute atomic E-state index is 13.7. The third-order valence-corrected chi connectivity index (χ3v) is 3.80. The molecule has 0 aromatic heterocycles. The lowest BCUT2D eigenvalue weighted by Crippen LogP contribution is -2.07. The molecule has 1 N–H and O–H groups in total. The Bertz CT molecular complexity index is 688. The Labute approximate surface area is 125 Å². The molecule has 0 fully saturated rings. The molecule has 5 heteroatoms. The van der Waals surface area contributed by atoms with E-state index in [0.29, 0.717) is 22.9 Å². The van der Waals surface area contributed by atoms with Gasteiger partial charge in [-0.2, -0.15) is 0 Å². The van der Waals surface area contributed by atoms with Gasteiger partial charge in [0.1, 0.15) is 5.75 Å². The molecule has 0 radical (unpaired) electrons. The molecule has 0 aliphatic carbocycles. The summed E-state index contributed by atoms with van der Waals surface area (Å²) in [5.41, 5.74) is 1.61. The highest BCUT2D eigenvalue weighted by molar-refractivity contribution is 6.30. The van der Waals surface area contributed by atoms with Gasteiger partial charge >= 0.3 is 0 Å². The minimum atomic E-state index is -1.16. The number of rotatable bonds is 3. The fourth-order valence-electron chi connectivity index (χ4n) is 2.59. The van der Waals surface area contributed by atoms with Crippen LogP contribution >= 0.6 is 11.6 Å². The van der Waals surface area contributed by atoms with E-state index in [1.165, 1.54) is 12.1 Å². The largest absolute Gasteiger partial charge is 0.493 e. The predicted octanol–water partition coefficient (Wildman–Crippen LogP) is 3.83. The van der Waals surface area contributed by atoms with Crippen LogP contribution in [-0.4, -0.2) is 11.7 Å². The number of hydrogen-bond acceptors (Lipinski definition) is 2. The van der Waals surface area contributed by atoms with Crippen LogP contribution in [0.4, 0.5) is 8.78 Å². The summed E-state index contributed by atoms with van der Waals surface area (Å²) in [6.07, 6.45) is -0.288. The summed E-state index contributed by atoms with van der Waals surface area (Å²) in [5, 5.41) is 10.7. The Morgan fingerprint density at radius 3 is 2.90 bits per heavy atom. The van der Waals surface area contributed by atoms with Crippen molar-refractivity contribution < 1.29 is 18.6 Å². The highest BCUT2D eigenvalue weighted by Gasteiger charge is 2.22. The van der Waals surface area contributed by atoms with Crippen molar-refractivity contribution in [1.82, 2.24) is 0 Å². The molecule has 1 heterocycles. The van der Waals surface area contributed by atoms with Gasteiger partial charge in [-0.15, -0.1) is 0 Å². The molecule has 2 aromatic rings. The summed E-state index contributed by atoms with van der Waals surface area (Å²) in [6, 6.07) is 7.27. The molecular weight excluding hydrogens is 298 g/mol. The molecule has 0 spiro atoms. The molecule has 110 valence electrons. The summed E-state index contributed by atoms with van der Waals surface area (Å²) >= 11 is 6.04. The summed E-state index contributed by atoms with van der Waals surface area (Å²) in [6.45, 7) is 0.563. The van der Waals surface area contributed by atoms with Crippen molar-refractivity contribution in [2.45, 2.75) is 18.9 Å². The highest BCUT2D eigenvalue weighted by atomic mass is 35.5. The van der Waals surface area contributed by atoms with Crippen LogP contribution in [0, 0.1) is 11.6 Å². The van der Waals surface area contributed by atoms with E-state index in [-0.39, 0.29) is 12.0 Å². The smallest absolute Gasteiger partial charge is 0.164 e. The Morgan fingerprint density at radius 1 is 1.29 bits per heavy atom. The number of benzene rings is 2. The number of aliphatic hydroxyl groups excluding tert-OH is 1. The van der Waals surface area contributed by atoms with Crippen LogP contribution in [0.25, 0.3) is 0 Å². The third-order valence-electron chi connectivity index (χ3n) is 3.58. The van der Waals surface area contributed by atoms with E-state index in [2.05, 4.69) is 0 Å². The van der Waals surface area contributed by atoms with E-state index >= 15 is 0 Å². The zero-order valence-corrected chi connectivity index (χ0v) is 11.8. The van der Waals surface area contributed by atoms with Crippen molar-refractivity contribution in [1.29, 1.82) is 0 Å². The van der Waals surface area contributed by atoms with E-state index in [1.54, 1.807) is 6.07 Å². The first-order chi connectivity index (χ1) is 10.1. The predicted molar refractivity (Wildman–Crippen MR) is 75.7 cm³/mol. The maximum Gasteiger partial charge on any atom is 0.164 e. The molecule has 2 aromatic carbocycles. The minimum absolute atomic E-state index is 0.0678. The van der Waals surface area contributed by atoms with Crippen molar-refractivity contribution >= 4 is 11.6 Å². The standard InChI is InChI=1S/C16H13ClF2O2/c17-11-6-9-4-5-21-16(9)10(7-11)8-14(20)12-2-1-3-13(18)15(12)19/h1-3,6-7,14,20H,4-5,8H2. The van der Waals surface area contributed by atoms with Gasteiger partial charge in [-0.05, 0) is 29.3 Å². The number of hydrogen-bond donors (Lipinski definition) is 1. The Kier molecular flexibility index (Phi) is 3.83. The van der Waals surface area contributed by atoms with Gasteiger partial charge in [-0.3, -0.25) is 0 Å². The minimum Gasteiger partial charge on any atom is -0.493 e. The first kappa shape index (κ1) is 14.3. The van der Waals surface area contributed by atoms with Crippen molar-refractivity contribution in [2.24, 2.45) is 0 Å². The van der Waals surface area contributed by atoms with Crippen LogP contribution < -0.4 is 4.74 Å². The zero-order chi connectivity index (χ0) is 15.0. The topological polar surface area (TPSA) is 29.5 Å². The van der Waals surface area contributed by atoms with Gasteiger partial charge in [0, 0.05) is 23.4 Å². The molecule has 1 atom stereocenters. The lowest BCUT2D eigenvalue weighted by atomic mass is 9.98. The van der Waals surface area contributed by atoms with E-state index in [1.807, 2.05) is 6.07 Å². The molecule has 1 aliphatic rings. The van der Waals surface area contributed by atoms with Gasteiger partial charge in [0.05, 0.1) is 12.7 Å². The number of aliphatic hydroxyl groups is 1. The Hall–Kier alpha value is -1.65. The van der Waals surface area contributed by atoms with Crippen molar-refractivity contribution in [2.75, 3.05) is 6.61 Å². The lowest BCUT2D eigenvalue weighted by Gasteiger charge is -2.15. The van der Waals surface area contributed by atoms with Crippen LogP contribution in [-0.2, 0) is 12.8 Å². The fraction of sp³-hybridized carbons (Fsp3) is 0.250. The van der Waals surface area contributed by atoms with Gasteiger partial charge in [-0.1, -0.05) is 23.7 Å². The van der Waals surface area contributed by atoms with Crippen LogP contribution in [0.2, 0.25) is 5.02 Å². The SMILES string of the molecule is OC(Cc1cc(Cl)cc2c1OCC2)c1cccc(F)c1F. The third kappa shape index (κ3) is 2.74. The molecule has 0 amide bonds. The summed E-state index contributed by atoms with van der Waals surface area (Å²) in [4.78, 5) is 0. The van der Waals surface area contributed by atoms with Crippen LogP contribution in [0.15, 0.2) is 30.3 Å². The fourth-order valence-corrected chi connectivity index (χ4v) is 2.86. The lowest BCUT2D eigenvalue weighted by molar-refractivity contribution is 0.171. The van der Waals surface area contributed by atoms with Crippen molar-refractivity contribution in [3.8, 4) is 5.75 Å².